The van der Waals surface area contributed by atoms with Crippen LogP contribution in [0.3, 0.4) is 0 Å². The third kappa shape index (κ3) is 5.45. The third-order valence-electron chi connectivity index (χ3n) is 4.19. The molecular formula is C20H26N6O2S. The normalized spacial score (nSPS) is 11.6. The second-order valence-electron chi connectivity index (χ2n) is 7.55. The first-order valence-electron chi connectivity index (χ1n) is 9.34. The molecule has 0 radical (unpaired) electrons. The molecule has 0 unspecified atom stereocenters. The lowest BCUT2D eigenvalue weighted by Crippen LogP contribution is -2.17. The number of rotatable bonds is 8. The molecule has 0 aliphatic carbocycles. The highest BCUT2D eigenvalue weighted by Crippen LogP contribution is 2.26. The molecule has 0 fully saturated rings. The van der Waals surface area contributed by atoms with Crippen molar-refractivity contribution in [2.24, 2.45) is 0 Å². The highest BCUT2D eigenvalue weighted by molar-refractivity contribution is 7.99. The number of hydrogen-bond donors (Lipinski definition) is 1. The fourth-order valence-corrected chi connectivity index (χ4v) is 3.35. The van der Waals surface area contributed by atoms with Crippen LogP contribution in [0.15, 0.2) is 47.9 Å². The Hall–Kier alpha value is -2.65. The molecule has 0 aliphatic heterocycles. The van der Waals surface area contributed by atoms with Crippen LogP contribution >= 0.6 is 11.8 Å². The van der Waals surface area contributed by atoms with Gasteiger partial charge in [-0.2, -0.15) is 5.10 Å². The van der Waals surface area contributed by atoms with E-state index in [-0.39, 0.29) is 17.1 Å². The van der Waals surface area contributed by atoms with Crippen LogP contribution in [0.2, 0.25) is 0 Å². The van der Waals surface area contributed by atoms with Crippen molar-refractivity contribution >= 4 is 23.5 Å². The van der Waals surface area contributed by atoms with Crippen molar-refractivity contribution in [3.8, 4) is 5.69 Å². The number of para-hydroxylation sites is 1. The number of thioether (sulfide) groups is 1. The van der Waals surface area contributed by atoms with E-state index in [2.05, 4.69) is 36.3 Å². The van der Waals surface area contributed by atoms with Crippen LogP contribution in [0.4, 0.5) is 5.82 Å². The van der Waals surface area contributed by atoms with Crippen molar-refractivity contribution < 1.29 is 9.53 Å². The largest absolute Gasteiger partial charge is 0.383 e. The zero-order valence-corrected chi connectivity index (χ0v) is 17.9. The maximum absolute atomic E-state index is 12.6. The molecule has 3 aromatic rings. The molecule has 0 aliphatic rings. The van der Waals surface area contributed by atoms with Crippen LogP contribution in [0.1, 0.15) is 26.5 Å². The van der Waals surface area contributed by atoms with Gasteiger partial charge in [-0.1, -0.05) is 50.7 Å². The van der Waals surface area contributed by atoms with Gasteiger partial charge in [0.15, 0.2) is 5.16 Å². The van der Waals surface area contributed by atoms with Gasteiger partial charge in [-0.3, -0.25) is 4.79 Å². The smallest absolute Gasteiger partial charge is 0.236 e. The third-order valence-corrected chi connectivity index (χ3v) is 5.18. The second-order valence-corrected chi connectivity index (χ2v) is 8.49. The molecule has 154 valence electrons. The summed E-state index contributed by atoms with van der Waals surface area (Å²) in [6, 6.07) is 11.7. The topological polar surface area (TPSA) is 86.9 Å². The highest BCUT2D eigenvalue weighted by atomic mass is 32.2. The number of hydrogen-bond acceptors (Lipinski definition) is 6. The molecule has 1 aromatic carbocycles. The summed E-state index contributed by atoms with van der Waals surface area (Å²) in [5.41, 5.74) is 1.67. The Morgan fingerprint density at radius 3 is 2.69 bits per heavy atom. The van der Waals surface area contributed by atoms with E-state index < -0.39 is 0 Å². The first-order valence-corrected chi connectivity index (χ1v) is 10.3. The van der Waals surface area contributed by atoms with Crippen molar-refractivity contribution in [3.05, 3.63) is 48.4 Å². The molecule has 1 N–H and O–H groups in total. The van der Waals surface area contributed by atoms with E-state index in [1.807, 2.05) is 41.0 Å². The summed E-state index contributed by atoms with van der Waals surface area (Å²) in [5.74, 6) is 0.734. The van der Waals surface area contributed by atoms with E-state index in [4.69, 9.17) is 9.84 Å². The summed E-state index contributed by atoms with van der Waals surface area (Å²) in [6.45, 7) is 7.49. The molecule has 29 heavy (non-hydrogen) atoms. The molecule has 0 bridgehead atoms. The Labute approximate surface area is 174 Å². The maximum atomic E-state index is 12.6. The van der Waals surface area contributed by atoms with Crippen LogP contribution in [-0.4, -0.2) is 49.9 Å². The summed E-state index contributed by atoms with van der Waals surface area (Å²) in [4.78, 5) is 12.6. The number of carbonyl (C=O) groups is 1. The number of nitrogens with one attached hydrogen (secondary N) is 1. The number of ether oxygens (including phenoxy) is 1. The predicted octanol–water partition coefficient (Wildman–Crippen LogP) is 3.14. The Bertz CT molecular complexity index is 946. The number of benzene rings is 1. The zero-order chi connectivity index (χ0) is 20.9. The average Bonchev–Trinajstić information content (AvgIpc) is 3.32. The fourth-order valence-electron chi connectivity index (χ4n) is 2.61. The van der Waals surface area contributed by atoms with Crippen LogP contribution < -0.4 is 5.32 Å². The first-order chi connectivity index (χ1) is 13.9. The number of anilines is 1. The van der Waals surface area contributed by atoms with Gasteiger partial charge in [-0.15, -0.1) is 10.2 Å². The highest BCUT2D eigenvalue weighted by Gasteiger charge is 2.21. The van der Waals surface area contributed by atoms with Crippen molar-refractivity contribution in [3.63, 3.8) is 0 Å². The summed E-state index contributed by atoms with van der Waals surface area (Å²) in [6.07, 6.45) is 1.64. The monoisotopic (exact) mass is 414 g/mol. The van der Waals surface area contributed by atoms with Gasteiger partial charge in [-0.05, 0) is 12.1 Å². The van der Waals surface area contributed by atoms with Crippen molar-refractivity contribution in [1.82, 2.24) is 24.5 Å². The minimum Gasteiger partial charge on any atom is -0.383 e. The minimum atomic E-state index is -0.133. The number of aromatic nitrogens is 5. The van der Waals surface area contributed by atoms with Gasteiger partial charge in [-0.25, -0.2) is 4.68 Å². The maximum Gasteiger partial charge on any atom is 0.236 e. The fraction of sp³-hybridized carbons (Fsp3) is 0.400. The van der Waals surface area contributed by atoms with Gasteiger partial charge < -0.3 is 14.6 Å². The van der Waals surface area contributed by atoms with Crippen LogP contribution in [0, 0.1) is 0 Å². The van der Waals surface area contributed by atoms with Gasteiger partial charge in [0.05, 0.1) is 23.7 Å². The molecule has 1 amide bonds. The quantitative estimate of drug-likeness (QED) is 0.570. The Balaban J connectivity index is 1.73. The molecule has 3 rings (SSSR count). The molecule has 2 heterocycles. The van der Waals surface area contributed by atoms with Crippen molar-refractivity contribution in [2.75, 3.05) is 24.8 Å². The van der Waals surface area contributed by atoms with Crippen molar-refractivity contribution in [2.45, 2.75) is 37.9 Å². The van der Waals surface area contributed by atoms with E-state index in [1.165, 1.54) is 11.8 Å². The average molecular weight is 415 g/mol. The number of amides is 1. The molecular weight excluding hydrogens is 388 g/mol. The van der Waals surface area contributed by atoms with Crippen LogP contribution in [0.25, 0.3) is 5.69 Å². The van der Waals surface area contributed by atoms with E-state index in [9.17, 15) is 4.79 Å². The Morgan fingerprint density at radius 1 is 1.24 bits per heavy atom. The molecule has 8 nitrogen and oxygen atoms in total. The van der Waals surface area contributed by atoms with Gasteiger partial charge in [0, 0.05) is 25.1 Å². The van der Waals surface area contributed by atoms with Crippen molar-refractivity contribution in [1.29, 1.82) is 0 Å². The van der Waals surface area contributed by atoms with Crippen LogP contribution in [-0.2, 0) is 21.5 Å². The van der Waals surface area contributed by atoms with Gasteiger partial charge in [0.2, 0.25) is 5.91 Å². The SMILES string of the molecule is COCCn1cnnc1SCC(=O)Nc1cc(C(C)(C)C)nn1-c1ccccc1. The van der Waals surface area contributed by atoms with Gasteiger partial charge >= 0.3 is 0 Å². The summed E-state index contributed by atoms with van der Waals surface area (Å²) >= 11 is 1.34. The number of methoxy groups -OCH3 is 1. The zero-order valence-electron chi connectivity index (χ0n) is 17.1. The summed E-state index contributed by atoms with van der Waals surface area (Å²) in [5, 5.41) is 16.4. The second kappa shape index (κ2) is 9.23. The minimum absolute atomic E-state index is 0.131. The van der Waals surface area contributed by atoms with Crippen LogP contribution in [0.5, 0.6) is 0 Å². The molecule has 2 aromatic heterocycles. The number of carbonyl (C=O) groups excluding carboxylic acids is 1. The first kappa shape index (κ1) is 21.1. The summed E-state index contributed by atoms with van der Waals surface area (Å²) in [7, 11) is 1.65. The molecule has 0 saturated carbocycles. The lowest BCUT2D eigenvalue weighted by Gasteiger charge is -2.14. The van der Waals surface area contributed by atoms with E-state index in [1.54, 1.807) is 18.1 Å². The molecule has 0 spiro atoms. The standard InChI is InChI=1S/C20H26N6O2S/c1-20(2,3)16-12-17(26(24-16)15-8-6-5-7-9-15)22-18(27)13-29-19-23-21-14-25(19)10-11-28-4/h5-9,12,14H,10-11,13H2,1-4H3,(H,22,27). The Kier molecular flexibility index (Phi) is 6.71. The predicted molar refractivity (Wildman–Crippen MR) is 114 cm³/mol. The van der Waals surface area contributed by atoms with E-state index >= 15 is 0 Å². The Morgan fingerprint density at radius 2 is 2.00 bits per heavy atom. The number of nitrogens with zero attached hydrogens (tertiary/aromatic N) is 5. The lowest BCUT2D eigenvalue weighted by atomic mass is 9.92. The van der Waals surface area contributed by atoms with E-state index in [0.717, 1.165) is 11.4 Å². The molecule has 0 saturated heterocycles. The molecule has 0 atom stereocenters. The van der Waals surface area contributed by atoms with Gasteiger partial charge in [0.1, 0.15) is 12.1 Å². The lowest BCUT2D eigenvalue weighted by molar-refractivity contribution is -0.113. The molecule has 9 heteroatoms. The summed E-state index contributed by atoms with van der Waals surface area (Å²) < 4.78 is 8.72. The van der Waals surface area contributed by atoms with E-state index in [0.29, 0.717) is 24.1 Å². The van der Waals surface area contributed by atoms with Gasteiger partial charge in [0.25, 0.3) is 0 Å².